The fourth-order valence-corrected chi connectivity index (χ4v) is 4.29. The lowest BCUT2D eigenvalue weighted by atomic mass is 9.95. The average Bonchev–Trinajstić information content (AvgIpc) is 2.83. The largest absolute Gasteiger partial charge is 0.300 e. The Morgan fingerprint density at radius 1 is 1.00 bits per heavy atom. The summed E-state index contributed by atoms with van der Waals surface area (Å²) < 4.78 is 27.6. The zero-order valence-corrected chi connectivity index (χ0v) is 11.1. The van der Waals surface area contributed by atoms with Crippen LogP contribution in [-0.4, -0.2) is 49.0 Å². The summed E-state index contributed by atoms with van der Waals surface area (Å²) in [5.74, 6) is 0.239. The molecule has 0 bridgehead atoms. The third-order valence-electron chi connectivity index (χ3n) is 3.75. The Morgan fingerprint density at radius 3 is 1.94 bits per heavy atom. The summed E-state index contributed by atoms with van der Waals surface area (Å²) in [5.41, 5.74) is 0. The lowest BCUT2D eigenvalue weighted by Gasteiger charge is -2.32. The van der Waals surface area contributed by atoms with Gasteiger partial charge in [0.2, 0.25) is 0 Å². The van der Waals surface area contributed by atoms with Crippen molar-refractivity contribution in [3.63, 3.8) is 0 Å². The first-order chi connectivity index (χ1) is 8.01. The van der Waals surface area contributed by atoms with E-state index in [1.807, 2.05) is 0 Å². The van der Waals surface area contributed by atoms with Gasteiger partial charge in [0.25, 0.3) is 10.2 Å². The second kappa shape index (κ2) is 5.04. The number of hydrogen-bond acceptors (Lipinski definition) is 3. The van der Waals surface area contributed by atoms with Gasteiger partial charge in [0.1, 0.15) is 5.78 Å². The molecule has 0 aromatic carbocycles. The second-order valence-electron chi connectivity index (χ2n) is 4.90. The SMILES string of the molecule is CC(=O)C1CCN(S(=O)(=O)N2CCCC2)CC1. The molecule has 2 aliphatic rings. The third kappa shape index (κ3) is 2.69. The van der Waals surface area contributed by atoms with Crippen molar-refractivity contribution in [2.75, 3.05) is 26.2 Å². The smallest absolute Gasteiger partial charge is 0.281 e. The Hall–Kier alpha value is -0.460. The summed E-state index contributed by atoms with van der Waals surface area (Å²) in [6, 6.07) is 0. The van der Waals surface area contributed by atoms with Crippen LogP contribution in [0.4, 0.5) is 0 Å². The molecule has 2 saturated heterocycles. The average molecular weight is 260 g/mol. The first-order valence-corrected chi connectivity index (χ1v) is 7.67. The van der Waals surface area contributed by atoms with Crippen LogP contribution in [0.15, 0.2) is 0 Å². The van der Waals surface area contributed by atoms with Crippen molar-refractivity contribution < 1.29 is 13.2 Å². The number of rotatable bonds is 3. The third-order valence-corrected chi connectivity index (χ3v) is 5.78. The van der Waals surface area contributed by atoms with Crippen molar-refractivity contribution in [2.45, 2.75) is 32.6 Å². The molecule has 2 aliphatic heterocycles. The second-order valence-corrected chi connectivity index (χ2v) is 6.83. The van der Waals surface area contributed by atoms with Gasteiger partial charge >= 0.3 is 0 Å². The van der Waals surface area contributed by atoms with E-state index in [2.05, 4.69) is 0 Å². The molecule has 0 saturated carbocycles. The van der Waals surface area contributed by atoms with Crippen LogP contribution in [0.3, 0.4) is 0 Å². The van der Waals surface area contributed by atoms with Gasteiger partial charge in [-0.05, 0) is 32.6 Å². The van der Waals surface area contributed by atoms with Crippen LogP contribution in [0.25, 0.3) is 0 Å². The summed E-state index contributed by atoms with van der Waals surface area (Å²) >= 11 is 0. The van der Waals surface area contributed by atoms with Crippen molar-refractivity contribution in [2.24, 2.45) is 5.92 Å². The topological polar surface area (TPSA) is 57.7 Å². The minimum absolute atomic E-state index is 0.0556. The minimum atomic E-state index is -3.26. The maximum atomic E-state index is 12.2. The molecule has 98 valence electrons. The van der Waals surface area contributed by atoms with Gasteiger partial charge in [-0.2, -0.15) is 17.0 Å². The molecule has 17 heavy (non-hydrogen) atoms. The number of hydrogen-bond donors (Lipinski definition) is 0. The number of Topliss-reactive ketones (excluding diaryl/α,β-unsaturated/α-hetero) is 1. The van der Waals surface area contributed by atoms with Gasteiger partial charge in [-0.1, -0.05) is 0 Å². The van der Waals surface area contributed by atoms with Crippen LogP contribution in [0.1, 0.15) is 32.6 Å². The lowest BCUT2D eigenvalue weighted by Crippen LogP contribution is -2.46. The van der Waals surface area contributed by atoms with E-state index in [1.165, 1.54) is 4.31 Å². The standard InChI is InChI=1S/C11H20N2O3S/c1-10(14)11-4-8-13(9-5-11)17(15,16)12-6-2-3-7-12/h11H,2-9H2,1H3. The maximum absolute atomic E-state index is 12.2. The fourth-order valence-electron chi connectivity index (χ4n) is 2.58. The van der Waals surface area contributed by atoms with E-state index in [0.717, 1.165) is 12.8 Å². The summed E-state index contributed by atoms with van der Waals surface area (Å²) in [5, 5.41) is 0. The fraction of sp³-hybridized carbons (Fsp3) is 0.909. The molecular weight excluding hydrogens is 240 g/mol. The zero-order valence-electron chi connectivity index (χ0n) is 10.3. The molecule has 0 atom stereocenters. The number of nitrogens with zero attached hydrogens (tertiary/aromatic N) is 2. The molecule has 2 heterocycles. The molecule has 0 aromatic heterocycles. The molecule has 2 rings (SSSR count). The van der Waals surface area contributed by atoms with Gasteiger partial charge < -0.3 is 0 Å². The Bertz CT molecular complexity index is 380. The van der Waals surface area contributed by atoms with Crippen molar-refractivity contribution in [3.05, 3.63) is 0 Å². The van der Waals surface area contributed by atoms with Gasteiger partial charge in [0.05, 0.1) is 0 Å². The first kappa shape index (κ1) is 13.0. The predicted molar refractivity (Wildman–Crippen MR) is 64.7 cm³/mol. The number of piperidine rings is 1. The highest BCUT2D eigenvalue weighted by molar-refractivity contribution is 7.86. The van der Waals surface area contributed by atoms with Crippen LogP contribution in [0, 0.1) is 5.92 Å². The monoisotopic (exact) mass is 260 g/mol. The van der Waals surface area contributed by atoms with E-state index in [-0.39, 0.29) is 11.7 Å². The van der Waals surface area contributed by atoms with Gasteiger partial charge in [0.15, 0.2) is 0 Å². The van der Waals surface area contributed by atoms with E-state index in [1.54, 1.807) is 11.2 Å². The molecule has 0 N–H and O–H groups in total. The Labute approximate surface area is 103 Å². The molecule has 2 fully saturated rings. The van der Waals surface area contributed by atoms with E-state index >= 15 is 0 Å². The molecule has 5 nitrogen and oxygen atoms in total. The minimum Gasteiger partial charge on any atom is -0.300 e. The Balaban J connectivity index is 1.98. The number of carbonyl (C=O) groups is 1. The zero-order chi connectivity index (χ0) is 12.5. The molecule has 0 amide bonds. The van der Waals surface area contributed by atoms with Gasteiger partial charge in [-0.25, -0.2) is 0 Å². The normalized spacial score (nSPS) is 25.2. The summed E-state index contributed by atoms with van der Waals surface area (Å²) in [6.07, 6.45) is 3.26. The maximum Gasteiger partial charge on any atom is 0.281 e. The van der Waals surface area contributed by atoms with Gasteiger partial charge in [-0.3, -0.25) is 4.79 Å². The van der Waals surface area contributed by atoms with Crippen molar-refractivity contribution in [1.29, 1.82) is 0 Å². The van der Waals surface area contributed by atoms with E-state index in [9.17, 15) is 13.2 Å². The molecule has 0 unspecified atom stereocenters. The molecule has 0 radical (unpaired) electrons. The predicted octanol–water partition coefficient (Wildman–Crippen LogP) is 0.628. The highest BCUT2D eigenvalue weighted by atomic mass is 32.2. The van der Waals surface area contributed by atoms with Crippen LogP contribution in [0.5, 0.6) is 0 Å². The molecular formula is C11H20N2O3S. The molecule has 6 heteroatoms. The highest BCUT2D eigenvalue weighted by Crippen LogP contribution is 2.23. The van der Waals surface area contributed by atoms with E-state index in [4.69, 9.17) is 0 Å². The Morgan fingerprint density at radius 2 is 1.47 bits per heavy atom. The summed E-state index contributed by atoms with van der Waals surface area (Å²) in [7, 11) is -3.26. The summed E-state index contributed by atoms with van der Waals surface area (Å²) in [4.78, 5) is 11.2. The number of carbonyl (C=O) groups excluding carboxylic acids is 1. The first-order valence-electron chi connectivity index (χ1n) is 6.27. The number of ketones is 1. The van der Waals surface area contributed by atoms with Gasteiger partial charge in [-0.15, -0.1) is 0 Å². The van der Waals surface area contributed by atoms with Crippen molar-refractivity contribution in [3.8, 4) is 0 Å². The molecule has 0 aliphatic carbocycles. The molecule has 0 spiro atoms. The van der Waals surface area contributed by atoms with E-state index < -0.39 is 10.2 Å². The van der Waals surface area contributed by atoms with Crippen LogP contribution in [0.2, 0.25) is 0 Å². The van der Waals surface area contributed by atoms with E-state index in [0.29, 0.717) is 39.0 Å². The molecule has 0 aromatic rings. The van der Waals surface area contributed by atoms with Crippen LogP contribution in [-0.2, 0) is 15.0 Å². The summed E-state index contributed by atoms with van der Waals surface area (Å²) in [6.45, 7) is 3.87. The Kier molecular flexibility index (Phi) is 3.85. The quantitative estimate of drug-likeness (QED) is 0.748. The van der Waals surface area contributed by atoms with Crippen molar-refractivity contribution in [1.82, 2.24) is 8.61 Å². The highest BCUT2D eigenvalue weighted by Gasteiger charge is 2.34. The van der Waals surface area contributed by atoms with Crippen LogP contribution >= 0.6 is 0 Å². The lowest BCUT2D eigenvalue weighted by molar-refractivity contribution is -0.121. The van der Waals surface area contributed by atoms with Crippen LogP contribution < -0.4 is 0 Å². The van der Waals surface area contributed by atoms with Gasteiger partial charge in [0, 0.05) is 32.1 Å². The van der Waals surface area contributed by atoms with Crippen molar-refractivity contribution >= 4 is 16.0 Å².